The van der Waals surface area contributed by atoms with Gasteiger partial charge in [-0.25, -0.2) is 4.79 Å². The molecule has 12 nitrogen and oxygen atoms in total. The highest BCUT2D eigenvalue weighted by atomic mass is 16.6. The number of nitrogens with zero attached hydrogens (tertiary/aromatic N) is 2. The second-order valence-corrected chi connectivity index (χ2v) is 7.85. The van der Waals surface area contributed by atoms with Gasteiger partial charge in [-0.1, -0.05) is 12.1 Å². The molecule has 0 spiro atoms. The number of hydrogen-bond donors (Lipinski definition) is 1. The van der Waals surface area contributed by atoms with Gasteiger partial charge in [0.25, 0.3) is 17.4 Å². The van der Waals surface area contributed by atoms with E-state index in [0.29, 0.717) is 0 Å². The van der Waals surface area contributed by atoms with E-state index in [4.69, 9.17) is 14.2 Å². The molecule has 0 bridgehead atoms. The number of ether oxygens (including phenoxy) is 3. The molecule has 0 radical (unpaired) electrons. The minimum absolute atomic E-state index is 0.0417. The van der Waals surface area contributed by atoms with Crippen molar-refractivity contribution < 1.29 is 33.4 Å². The van der Waals surface area contributed by atoms with Gasteiger partial charge in [0, 0.05) is 32.5 Å². The number of aromatic amines is 1. The number of fused-ring (bicyclic) bond motifs is 1. The fourth-order valence-electron chi connectivity index (χ4n) is 4.21. The lowest BCUT2D eigenvalue weighted by Crippen LogP contribution is -2.51. The first-order chi connectivity index (χ1) is 16.2. The van der Waals surface area contributed by atoms with Crippen LogP contribution in [0.3, 0.4) is 0 Å². The van der Waals surface area contributed by atoms with Crippen LogP contribution < -0.4 is 11.2 Å². The van der Waals surface area contributed by atoms with Gasteiger partial charge in [-0.2, -0.15) is 0 Å². The van der Waals surface area contributed by atoms with Crippen molar-refractivity contribution in [1.29, 1.82) is 0 Å². The number of esters is 2. The Morgan fingerprint density at radius 2 is 1.71 bits per heavy atom. The molecule has 4 atom stereocenters. The number of nitrogens with one attached hydrogen (secondary N) is 1. The summed E-state index contributed by atoms with van der Waals surface area (Å²) >= 11 is 0. The van der Waals surface area contributed by atoms with Crippen LogP contribution in [-0.4, -0.2) is 63.1 Å². The molecule has 2 aliphatic rings. The minimum Gasteiger partial charge on any atom is -0.462 e. The average Bonchev–Trinajstić information content (AvgIpc) is 3.30. The number of rotatable bonds is 6. The molecule has 1 fully saturated rings. The van der Waals surface area contributed by atoms with Gasteiger partial charge in [-0.15, -0.1) is 0 Å². The molecule has 1 N–H and O–H groups in total. The fraction of sp³-hybridized carbons (Fsp3) is 0.364. The lowest BCUT2D eigenvalue weighted by atomic mass is 10.0. The maximum Gasteiger partial charge on any atom is 0.330 e. The molecule has 0 unspecified atom stereocenters. The van der Waals surface area contributed by atoms with Crippen LogP contribution in [0, 0.1) is 0 Å². The number of carbonyl (C=O) groups is 4. The summed E-state index contributed by atoms with van der Waals surface area (Å²) < 4.78 is 17.5. The zero-order valence-corrected chi connectivity index (χ0v) is 18.3. The Bertz CT molecular complexity index is 1250. The zero-order chi connectivity index (χ0) is 24.6. The normalized spacial score (nSPS) is 22.4. The van der Waals surface area contributed by atoms with Crippen LogP contribution in [0.4, 0.5) is 0 Å². The molecule has 3 heterocycles. The summed E-state index contributed by atoms with van der Waals surface area (Å²) in [4.78, 5) is 76.4. The smallest absolute Gasteiger partial charge is 0.330 e. The van der Waals surface area contributed by atoms with Gasteiger partial charge in [0.05, 0.1) is 17.2 Å². The minimum atomic E-state index is -1.18. The molecule has 178 valence electrons. The largest absolute Gasteiger partial charge is 0.462 e. The van der Waals surface area contributed by atoms with E-state index in [1.807, 2.05) is 0 Å². The number of carbonyl (C=O) groups excluding carboxylic acids is 4. The van der Waals surface area contributed by atoms with E-state index in [2.05, 4.69) is 4.98 Å². The SMILES string of the molecule is CC(=O)OC[C@@H](OC(C)=O)[C@H]1O[C@H](n2ccc(=O)[nH]c2=O)C[C@@H]1N1C(=O)c2ccccc2C1=O. The fourth-order valence-corrected chi connectivity index (χ4v) is 4.21. The third-order valence-electron chi connectivity index (χ3n) is 5.59. The zero-order valence-electron chi connectivity index (χ0n) is 18.3. The Morgan fingerprint density at radius 1 is 1.06 bits per heavy atom. The van der Waals surface area contributed by atoms with Gasteiger partial charge < -0.3 is 14.2 Å². The molecular formula is C22H21N3O9. The average molecular weight is 471 g/mol. The Hall–Kier alpha value is -4.06. The van der Waals surface area contributed by atoms with Crippen molar-refractivity contribution in [2.24, 2.45) is 0 Å². The van der Waals surface area contributed by atoms with E-state index in [-0.39, 0.29) is 17.5 Å². The Labute approximate surface area is 192 Å². The van der Waals surface area contributed by atoms with Crippen LogP contribution in [0.2, 0.25) is 0 Å². The quantitative estimate of drug-likeness (QED) is 0.452. The van der Waals surface area contributed by atoms with Crippen molar-refractivity contribution >= 4 is 23.8 Å². The topological polar surface area (TPSA) is 154 Å². The van der Waals surface area contributed by atoms with Crippen molar-refractivity contribution in [3.05, 3.63) is 68.5 Å². The highest BCUT2D eigenvalue weighted by molar-refractivity contribution is 6.21. The van der Waals surface area contributed by atoms with Crippen LogP contribution in [0.15, 0.2) is 46.1 Å². The van der Waals surface area contributed by atoms with Gasteiger partial charge in [0.1, 0.15) is 18.9 Å². The van der Waals surface area contributed by atoms with Gasteiger partial charge in [-0.05, 0) is 12.1 Å². The van der Waals surface area contributed by atoms with E-state index in [9.17, 15) is 28.8 Å². The molecule has 2 amide bonds. The van der Waals surface area contributed by atoms with Crippen LogP contribution >= 0.6 is 0 Å². The predicted molar refractivity (Wildman–Crippen MR) is 113 cm³/mol. The maximum atomic E-state index is 13.1. The summed E-state index contributed by atoms with van der Waals surface area (Å²) in [5.41, 5.74) is -0.955. The molecule has 0 saturated carbocycles. The van der Waals surface area contributed by atoms with Crippen LogP contribution in [0.1, 0.15) is 47.2 Å². The van der Waals surface area contributed by atoms with Crippen LogP contribution in [-0.2, 0) is 23.8 Å². The van der Waals surface area contributed by atoms with Gasteiger partial charge >= 0.3 is 17.6 Å². The molecule has 1 aromatic carbocycles. The van der Waals surface area contributed by atoms with Crippen molar-refractivity contribution in [2.75, 3.05) is 6.61 Å². The molecule has 2 aromatic rings. The summed E-state index contributed by atoms with van der Waals surface area (Å²) in [7, 11) is 0. The molecule has 0 aliphatic carbocycles. The lowest BCUT2D eigenvalue weighted by molar-refractivity contribution is -0.169. The molecule has 34 heavy (non-hydrogen) atoms. The summed E-state index contributed by atoms with van der Waals surface area (Å²) in [6.07, 6.45) is -2.15. The molecular weight excluding hydrogens is 450 g/mol. The maximum absolute atomic E-state index is 13.1. The van der Waals surface area contributed by atoms with Gasteiger partial charge in [-0.3, -0.25) is 38.4 Å². The Morgan fingerprint density at radius 3 is 2.26 bits per heavy atom. The van der Waals surface area contributed by atoms with Crippen molar-refractivity contribution in [1.82, 2.24) is 14.5 Å². The Kier molecular flexibility index (Phi) is 6.16. The van der Waals surface area contributed by atoms with E-state index >= 15 is 0 Å². The molecule has 2 aliphatic heterocycles. The lowest BCUT2D eigenvalue weighted by Gasteiger charge is -2.31. The number of aromatic nitrogens is 2. The summed E-state index contributed by atoms with van der Waals surface area (Å²) in [5.74, 6) is -2.47. The number of H-pyrrole nitrogens is 1. The van der Waals surface area contributed by atoms with Crippen LogP contribution in [0.25, 0.3) is 0 Å². The first-order valence-corrected chi connectivity index (χ1v) is 10.4. The van der Waals surface area contributed by atoms with Crippen molar-refractivity contribution in [3.8, 4) is 0 Å². The standard InChI is InChI=1S/C22H21N3O9/c1-11(26)32-10-16(33-12(2)27)19-15(9-18(34-19)24-8-7-17(28)23-22(24)31)25-20(29)13-5-3-4-6-14(13)21(25)30/h3-8,15-16,18-19H,9-10H2,1-2H3,(H,23,28,31)/t15-,16+,18-,19-/m0/s1. The Balaban J connectivity index is 1.74. The first-order valence-electron chi connectivity index (χ1n) is 10.4. The molecule has 1 aromatic heterocycles. The van der Waals surface area contributed by atoms with Gasteiger partial charge in [0.2, 0.25) is 0 Å². The van der Waals surface area contributed by atoms with E-state index in [1.165, 1.54) is 25.3 Å². The number of amides is 2. The van der Waals surface area contributed by atoms with Crippen molar-refractivity contribution in [2.45, 2.75) is 44.7 Å². The van der Waals surface area contributed by atoms with E-state index < -0.39 is 66.1 Å². The van der Waals surface area contributed by atoms with Crippen LogP contribution in [0.5, 0.6) is 0 Å². The second kappa shape index (κ2) is 9.06. The first kappa shape index (κ1) is 23.1. The third-order valence-corrected chi connectivity index (χ3v) is 5.59. The highest BCUT2D eigenvalue weighted by Crippen LogP contribution is 2.37. The van der Waals surface area contributed by atoms with E-state index in [1.54, 1.807) is 12.1 Å². The van der Waals surface area contributed by atoms with Crippen molar-refractivity contribution in [3.63, 3.8) is 0 Å². The number of benzene rings is 1. The summed E-state index contributed by atoms with van der Waals surface area (Å²) in [5, 5.41) is 0. The summed E-state index contributed by atoms with van der Waals surface area (Å²) in [6, 6.07) is 6.44. The second-order valence-electron chi connectivity index (χ2n) is 7.85. The monoisotopic (exact) mass is 471 g/mol. The predicted octanol–water partition coefficient (Wildman–Crippen LogP) is -0.0163. The molecule has 12 heteroatoms. The molecule has 1 saturated heterocycles. The number of imide groups is 1. The molecule has 4 rings (SSSR count). The summed E-state index contributed by atoms with van der Waals surface area (Å²) in [6.45, 7) is 1.92. The third kappa shape index (κ3) is 4.27. The highest BCUT2D eigenvalue weighted by Gasteiger charge is 2.51. The van der Waals surface area contributed by atoms with Gasteiger partial charge in [0.15, 0.2) is 6.10 Å². The number of hydrogen-bond acceptors (Lipinski definition) is 9. The van der Waals surface area contributed by atoms with E-state index in [0.717, 1.165) is 22.5 Å².